The number of amides is 3. The molecule has 0 radical (unpaired) electrons. The molecule has 2 aliphatic carbocycles. The van der Waals surface area contributed by atoms with Crippen molar-refractivity contribution in [1.82, 2.24) is 39.0 Å². The monoisotopic (exact) mass is 950 g/mol. The van der Waals surface area contributed by atoms with Crippen molar-refractivity contribution in [1.29, 1.82) is 0 Å². The lowest BCUT2D eigenvalue weighted by molar-refractivity contribution is 0.0499. The zero-order valence-corrected chi connectivity index (χ0v) is 38.7. The normalized spacial score (nSPS) is 19.7. The third-order valence-corrected chi connectivity index (χ3v) is 11.2. The highest BCUT2D eigenvalue weighted by Crippen LogP contribution is 2.48. The van der Waals surface area contributed by atoms with E-state index in [4.69, 9.17) is 21.8 Å². The van der Waals surface area contributed by atoms with E-state index in [1.165, 1.54) is 77.4 Å². The summed E-state index contributed by atoms with van der Waals surface area (Å²) >= 11 is 0. The van der Waals surface area contributed by atoms with E-state index in [9.17, 15) is 31.9 Å². The van der Waals surface area contributed by atoms with Crippen LogP contribution in [0.15, 0.2) is 98.4 Å². The highest BCUT2D eigenvalue weighted by molar-refractivity contribution is 5.92. The van der Waals surface area contributed by atoms with Gasteiger partial charge in [-0.3, -0.25) is 14.8 Å². The second kappa shape index (κ2) is 19.5. The van der Waals surface area contributed by atoms with Crippen LogP contribution in [0, 0.1) is 18.2 Å². The molecule has 0 spiro atoms. The van der Waals surface area contributed by atoms with Gasteiger partial charge in [0.15, 0.2) is 0 Å². The number of nitrogens with two attached hydrogens (primary N) is 1. The maximum Gasteiger partial charge on any atom is 0.417 e. The number of aromatic nitrogens is 8. The summed E-state index contributed by atoms with van der Waals surface area (Å²) < 4.78 is 71.9. The smallest absolute Gasteiger partial charge is 0.417 e. The fourth-order valence-corrected chi connectivity index (χ4v) is 8.09. The van der Waals surface area contributed by atoms with Crippen LogP contribution in [0.1, 0.15) is 89.0 Å². The molecule has 0 unspecified atom stereocenters. The molecule has 0 aromatic carbocycles. The van der Waals surface area contributed by atoms with Gasteiger partial charge in [0, 0.05) is 54.9 Å². The summed E-state index contributed by atoms with van der Waals surface area (Å²) in [6.45, 7) is 17.2. The summed E-state index contributed by atoms with van der Waals surface area (Å²) in [7, 11) is 0. The van der Waals surface area contributed by atoms with Crippen LogP contribution in [-0.2, 0) is 20.3 Å². The molecule has 6 aromatic rings. The number of carbonyl (C=O) groups excluding carboxylic acids is 3. The van der Waals surface area contributed by atoms with Crippen LogP contribution in [0.3, 0.4) is 0 Å². The van der Waals surface area contributed by atoms with Gasteiger partial charge in [-0.15, -0.1) is 0 Å². The highest BCUT2D eigenvalue weighted by atomic mass is 19.1. The van der Waals surface area contributed by atoms with Gasteiger partial charge < -0.3 is 24.3 Å². The number of ether oxygens (including phenoxy) is 2. The Bertz CT molecular complexity index is 2840. The van der Waals surface area contributed by atoms with Crippen LogP contribution >= 0.6 is 0 Å². The molecule has 0 saturated heterocycles. The SMILES string of the molecule is CC(C)(C)OC(=O)N(CC1(c2ncccc2F)CC(F)C1)c1ncc(-n2ccc(C(N)=O)c2)cn1.[C-]#[N+]c1ccn(-c2cnc(N(CC3(c4ncccc4F)CC(F)C3)C(=O)OC(C)(C)C)nc2)c1. The minimum atomic E-state index is -1.15. The lowest BCUT2D eigenvalue weighted by Crippen LogP contribution is -2.54. The summed E-state index contributed by atoms with van der Waals surface area (Å²) in [4.78, 5) is 69.0. The van der Waals surface area contributed by atoms with E-state index in [0.717, 1.165) is 0 Å². The van der Waals surface area contributed by atoms with Crippen molar-refractivity contribution in [2.24, 2.45) is 5.73 Å². The number of primary amides is 1. The number of anilines is 2. The Balaban J connectivity index is 0.000000204. The maximum absolute atomic E-state index is 14.7. The molecule has 2 saturated carbocycles. The minimum absolute atomic E-state index is 0.00240. The molecule has 0 aliphatic heterocycles. The van der Waals surface area contributed by atoms with Gasteiger partial charge in [-0.1, -0.05) is 0 Å². The number of alkyl halides is 2. The lowest BCUT2D eigenvalue weighted by atomic mass is 9.64. The van der Waals surface area contributed by atoms with Gasteiger partial charge in [0.25, 0.3) is 0 Å². The zero-order valence-electron chi connectivity index (χ0n) is 38.7. The number of rotatable bonds is 11. The Morgan fingerprint density at radius 1 is 0.696 bits per heavy atom. The average molecular weight is 951 g/mol. The van der Waals surface area contributed by atoms with E-state index in [0.29, 0.717) is 22.6 Å². The molecule has 6 heterocycles. The summed E-state index contributed by atoms with van der Waals surface area (Å²) in [5, 5.41) is 0. The van der Waals surface area contributed by atoms with Crippen LogP contribution in [0.4, 0.5) is 44.7 Å². The summed E-state index contributed by atoms with van der Waals surface area (Å²) in [6, 6.07) is 8.66. The highest BCUT2D eigenvalue weighted by Gasteiger charge is 2.52. The molecule has 0 atom stereocenters. The Morgan fingerprint density at radius 2 is 1.10 bits per heavy atom. The Kier molecular flexibility index (Phi) is 13.9. The van der Waals surface area contributed by atoms with Crippen molar-refractivity contribution in [3.8, 4) is 11.4 Å². The predicted molar refractivity (Wildman–Crippen MR) is 245 cm³/mol. The van der Waals surface area contributed by atoms with Crippen LogP contribution in [-0.4, -0.2) is 93.8 Å². The van der Waals surface area contributed by atoms with Crippen molar-refractivity contribution in [3.63, 3.8) is 0 Å². The van der Waals surface area contributed by atoms with Gasteiger partial charge in [0.2, 0.25) is 23.5 Å². The third kappa shape index (κ3) is 11.3. The number of hydrogen-bond acceptors (Lipinski definition) is 11. The fourth-order valence-electron chi connectivity index (χ4n) is 8.09. The largest absolute Gasteiger partial charge is 0.443 e. The van der Waals surface area contributed by atoms with Crippen LogP contribution in [0.2, 0.25) is 0 Å². The molecule has 360 valence electrons. The van der Waals surface area contributed by atoms with Gasteiger partial charge in [0.1, 0.15) is 35.2 Å². The quantitative estimate of drug-likeness (QED) is 0.0963. The summed E-state index contributed by atoms with van der Waals surface area (Å²) in [5.74, 6) is -1.66. The van der Waals surface area contributed by atoms with E-state index in [2.05, 4.69) is 34.7 Å². The first kappa shape index (κ1) is 49.2. The van der Waals surface area contributed by atoms with Crippen LogP contribution < -0.4 is 15.5 Å². The number of carbonyl (C=O) groups is 3. The molecular weight excluding hydrogens is 901 g/mol. The first-order valence-corrected chi connectivity index (χ1v) is 21.8. The molecule has 6 aromatic heterocycles. The minimum Gasteiger partial charge on any atom is -0.443 e. The molecule has 2 fully saturated rings. The van der Waals surface area contributed by atoms with E-state index in [-0.39, 0.29) is 62.1 Å². The van der Waals surface area contributed by atoms with Gasteiger partial charge in [-0.05, 0) is 110 Å². The second-order valence-electron chi connectivity index (χ2n) is 18.9. The Hall–Kier alpha value is -7.76. The van der Waals surface area contributed by atoms with Crippen molar-refractivity contribution < 1.29 is 41.4 Å². The number of hydrogen-bond donors (Lipinski definition) is 1. The van der Waals surface area contributed by atoms with Crippen LogP contribution in [0.25, 0.3) is 16.2 Å². The second-order valence-corrected chi connectivity index (χ2v) is 18.9. The maximum atomic E-state index is 14.7. The molecule has 69 heavy (non-hydrogen) atoms. The molecule has 3 amide bonds. The lowest BCUT2D eigenvalue weighted by Gasteiger charge is -2.45. The summed E-state index contributed by atoms with van der Waals surface area (Å²) in [6.07, 6.45) is 11.6. The molecule has 2 aliphatic rings. The van der Waals surface area contributed by atoms with Crippen molar-refractivity contribution >= 4 is 35.7 Å². The molecule has 21 heteroatoms. The number of halogens is 4. The zero-order chi connectivity index (χ0) is 49.9. The Morgan fingerprint density at radius 3 is 1.43 bits per heavy atom. The van der Waals surface area contributed by atoms with E-state index in [1.807, 2.05) is 0 Å². The fraction of sp³-hybridized carbons (Fsp3) is 0.375. The van der Waals surface area contributed by atoms with Gasteiger partial charge in [-0.2, -0.15) is 0 Å². The molecule has 2 N–H and O–H groups in total. The van der Waals surface area contributed by atoms with Gasteiger partial charge in [-0.25, -0.2) is 61.7 Å². The number of nitrogens with zero attached hydrogens (tertiary/aromatic N) is 11. The Labute approximate surface area is 395 Å². The van der Waals surface area contributed by atoms with Gasteiger partial charge >= 0.3 is 12.2 Å². The first-order chi connectivity index (χ1) is 32.6. The number of pyridine rings is 2. The average Bonchev–Trinajstić information content (AvgIpc) is 3.97. The molecule has 8 rings (SSSR count). The van der Waals surface area contributed by atoms with Crippen molar-refractivity contribution in [3.05, 3.63) is 138 Å². The standard InChI is InChI=1S/C24H26F2N6O3.C24H24F2N6O2/c1-23(2,3)35-22(34)32(14-24(9-16(25)10-24)19-18(26)5-4-7-28-19)21-29-11-17(12-30-21)31-8-6-15(13-31)20(27)33;1-23(2,3)34-22(33)32(15-24(10-16(25)11-24)20-19(26)6-5-8-28-20)21-29-12-18(13-30-21)31-9-7-17(14-31)27-4/h4-8,11-13,16H,9-10,14H2,1-3H3,(H2,27,33);5-9,12-14,16H,10-11,15H2,1-3H3. The van der Waals surface area contributed by atoms with Crippen molar-refractivity contribution in [2.45, 2.75) is 102 Å². The topological polar surface area (TPSA) is 194 Å². The molecule has 0 bridgehead atoms. The first-order valence-electron chi connectivity index (χ1n) is 21.8. The van der Waals surface area contributed by atoms with Crippen LogP contribution in [0.5, 0.6) is 0 Å². The third-order valence-electron chi connectivity index (χ3n) is 11.2. The predicted octanol–water partition coefficient (Wildman–Crippen LogP) is 8.88. The van der Waals surface area contributed by atoms with E-state index >= 15 is 0 Å². The van der Waals surface area contributed by atoms with Gasteiger partial charge in [0.05, 0.1) is 59.7 Å². The summed E-state index contributed by atoms with van der Waals surface area (Å²) in [5.41, 5.74) is 3.66. The van der Waals surface area contributed by atoms with Crippen molar-refractivity contribution in [2.75, 3.05) is 22.9 Å². The van der Waals surface area contributed by atoms with E-state index in [1.54, 1.807) is 81.4 Å². The molecular formula is C48H50F4N12O5. The molecule has 17 nitrogen and oxygen atoms in total. The van der Waals surface area contributed by atoms with E-state index < -0.39 is 64.1 Å².